The van der Waals surface area contributed by atoms with Gasteiger partial charge < -0.3 is 10.3 Å². The van der Waals surface area contributed by atoms with Crippen molar-refractivity contribution in [3.05, 3.63) is 72.7 Å². The van der Waals surface area contributed by atoms with Gasteiger partial charge in [0.1, 0.15) is 12.1 Å². The lowest BCUT2D eigenvalue weighted by Crippen LogP contribution is -1.96. The molecule has 2 aromatic heterocycles. The van der Waals surface area contributed by atoms with Gasteiger partial charge in [0.15, 0.2) is 0 Å². The average molecular weight is 342 g/mol. The second-order valence-electron chi connectivity index (χ2n) is 6.99. The van der Waals surface area contributed by atoms with E-state index in [0.717, 1.165) is 34.7 Å². The Morgan fingerprint density at radius 2 is 1.81 bits per heavy atom. The number of fused-ring (bicyclic) bond motifs is 1. The van der Waals surface area contributed by atoms with E-state index in [0.29, 0.717) is 5.92 Å². The second-order valence-corrected chi connectivity index (χ2v) is 6.99. The van der Waals surface area contributed by atoms with Crippen molar-refractivity contribution < 1.29 is 0 Å². The quantitative estimate of drug-likeness (QED) is 0.499. The summed E-state index contributed by atoms with van der Waals surface area (Å²) in [4.78, 5) is 12.0. The molecule has 26 heavy (non-hydrogen) atoms. The molecule has 4 aromatic rings. The molecule has 0 amide bonds. The van der Waals surface area contributed by atoms with Gasteiger partial charge in [0, 0.05) is 34.4 Å². The third kappa shape index (κ3) is 3.59. The molecule has 0 saturated carbocycles. The van der Waals surface area contributed by atoms with E-state index in [9.17, 15) is 0 Å². The van der Waals surface area contributed by atoms with Crippen LogP contribution in [0.2, 0.25) is 0 Å². The van der Waals surface area contributed by atoms with Gasteiger partial charge in [-0.3, -0.25) is 0 Å². The number of benzene rings is 2. The Morgan fingerprint density at radius 3 is 2.62 bits per heavy atom. The van der Waals surface area contributed by atoms with Gasteiger partial charge in [0.05, 0.1) is 5.69 Å². The van der Waals surface area contributed by atoms with Gasteiger partial charge in [-0.25, -0.2) is 9.97 Å². The summed E-state index contributed by atoms with van der Waals surface area (Å²) in [5.74, 6) is 1.45. The van der Waals surface area contributed by atoms with Crippen LogP contribution in [0.4, 0.5) is 11.5 Å². The number of hydrogen-bond acceptors (Lipinski definition) is 3. The Hall–Kier alpha value is -3.14. The van der Waals surface area contributed by atoms with Crippen LogP contribution in [-0.2, 0) is 6.42 Å². The molecule has 2 heterocycles. The number of rotatable bonds is 5. The number of nitrogens with one attached hydrogen (secondary N) is 2. The van der Waals surface area contributed by atoms with Crippen LogP contribution in [0.25, 0.3) is 22.2 Å². The van der Waals surface area contributed by atoms with Gasteiger partial charge in [0.2, 0.25) is 0 Å². The van der Waals surface area contributed by atoms with Crippen LogP contribution in [0.3, 0.4) is 0 Å². The van der Waals surface area contributed by atoms with Crippen molar-refractivity contribution in [2.24, 2.45) is 5.92 Å². The molecule has 0 aliphatic carbocycles. The third-order valence-corrected chi connectivity index (χ3v) is 4.39. The molecule has 0 unspecified atom stereocenters. The van der Waals surface area contributed by atoms with E-state index in [1.165, 1.54) is 10.9 Å². The fraction of sp³-hybridized carbons (Fsp3) is 0.182. The first-order valence-corrected chi connectivity index (χ1v) is 8.93. The molecule has 0 spiro atoms. The summed E-state index contributed by atoms with van der Waals surface area (Å²) in [6.07, 6.45) is 4.65. The first kappa shape index (κ1) is 16.3. The fourth-order valence-electron chi connectivity index (χ4n) is 3.15. The van der Waals surface area contributed by atoms with Crippen LogP contribution in [0.5, 0.6) is 0 Å². The van der Waals surface area contributed by atoms with E-state index in [-0.39, 0.29) is 0 Å². The molecule has 0 bridgehead atoms. The molecule has 130 valence electrons. The summed E-state index contributed by atoms with van der Waals surface area (Å²) in [7, 11) is 0. The Labute approximate surface area is 153 Å². The van der Waals surface area contributed by atoms with Crippen LogP contribution < -0.4 is 5.32 Å². The first-order chi connectivity index (χ1) is 12.7. The minimum absolute atomic E-state index is 0.660. The molecule has 0 radical (unpaired) electrons. The number of H-pyrrole nitrogens is 1. The lowest BCUT2D eigenvalue weighted by Gasteiger charge is -2.09. The van der Waals surface area contributed by atoms with E-state index in [1.54, 1.807) is 6.33 Å². The van der Waals surface area contributed by atoms with Crippen molar-refractivity contribution in [2.45, 2.75) is 20.3 Å². The number of nitrogens with zero attached hydrogens (tertiary/aromatic N) is 2. The highest BCUT2D eigenvalue weighted by Gasteiger charge is 2.05. The lowest BCUT2D eigenvalue weighted by molar-refractivity contribution is 0.647. The van der Waals surface area contributed by atoms with Gasteiger partial charge in [0.25, 0.3) is 0 Å². The average Bonchev–Trinajstić information content (AvgIpc) is 3.10. The summed E-state index contributed by atoms with van der Waals surface area (Å²) in [5, 5.41) is 4.54. The minimum atomic E-state index is 0.660. The van der Waals surface area contributed by atoms with Crippen molar-refractivity contribution in [3.8, 4) is 11.3 Å². The van der Waals surface area contributed by atoms with E-state index >= 15 is 0 Å². The molecule has 0 aliphatic heterocycles. The van der Waals surface area contributed by atoms with Gasteiger partial charge in [-0.15, -0.1) is 0 Å². The maximum absolute atomic E-state index is 4.43. The van der Waals surface area contributed by atoms with Crippen molar-refractivity contribution in [1.82, 2.24) is 15.0 Å². The van der Waals surface area contributed by atoms with Gasteiger partial charge >= 0.3 is 0 Å². The maximum Gasteiger partial charge on any atom is 0.134 e. The SMILES string of the molecule is CC(C)Cc1ccc(-c2cc(Nc3ccc4[nH]ccc4c3)ncn2)cc1. The molecule has 0 saturated heterocycles. The molecule has 4 nitrogen and oxygen atoms in total. The topological polar surface area (TPSA) is 53.6 Å². The number of hydrogen-bond donors (Lipinski definition) is 2. The summed E-state index contributed by atoms with van der Waals surface area (Å²) in [6.45, 7) is 4.47. The van der Waals surface area contributed by atoms with Crippen LogP contribution in [-0.4, -0.2) is 15.0 Å². The van der Waals surface area contributed by atoms with Gasteiger partial charge in [-0.2, -0.15) is 0 Å². The molecule has 0 fully saturated rings. The highest BCUT2D eigenvalue weighted by Crippen LogP contribution is 2.24. The zero-order valence-corrected chi connectivity index (χ0v) is 15.0. The zero-order chi connectivity index (χ0) is 17.9. The van der Waals surface area contributed by atoms with Crippen LogP contribution in [0.15, 0.2) is 67.1 Å². The molecule has 4 heteroatoms. The molecule has 2 N–H and O–H groups in total. The maximum atomic E-state index is 4.43. The van der Waals surface area contributed by atoms with Crippen molar-refractivity contribution in [1.29, 1.82) is 0 Å². The smallest absolute Gasteiger partial charge is 0.134 e. The van der Waals surface area contributed by atoms with E-state index < -0.39 is 0 Å². The van der Waals surface area contributed by atoms with Gasteiger partial charge in [-0.05, 0) is 42.2 Å². The summed E-state index contributed by atoms with van der Waals surface area (Å²) < 4.78 is 0. The summed E-state index contributed by atoms with van der Waals surface area (Å²) in [5.41, 5.74) is 5.51. The van der Waals surface area contributed by atoms with Crippen molar-refractivity contribution in [2.75, 3.05) is 5.32 Å². The van der Waals surface area contributed by atoms with Crippen molar-refractivity contribution in [3.63, 3.8) is 0 Å². The van der Waals surface area contributed by atoms with Crippen LogP contribution >= 0.6 is 0 Å². The standard InChI is InChI=1S/C22H22N4/c1-15(2)11-16-3-5-17(6-4-16)21-13-22(25-14-24-21)26-19-7-8-20-18(12-19)9-10-23-20/h3-10,12-15,23H,11H2,1-2H3,(H,24,25,26). The third-order valence-electron chi connectivity index (χ3n) is 4.39. The fourth-order valence-corrected chi connectivity index (χ4v) is 3.15. The molecule has 4 rings (SSSR count). The van der Waals surface area contributed by atoms with Gasteiger partial charge in [-0.1, -0.05) is 38.1 Å². The monoisotopic (exact) mass is 342 g/mol. The second kappa shape index (κ2) is 7.00. The highest BCUT2D eigenvalue weighted by atomic mass is 15.0. The Kier molecular flexibility index (Phi) is 4.40. The Balaban J connectivity index is 1.56. The van der Waals surface area contributed by atoms with E-state index in [2.05, 4.69) is 76.6 Å². The molecule has 0 atom stereocenters. The molecular weight excluding hydrogens is 320 g/mol. The van der Waals surface area contributed by atoms with E-state index in [1.807, 2.05) is 18.3 Å². The Bertz CT molecular complexity index is 1020. The largest absolute Gasteiger partial charge is 0.361 e. The molecular formula is C22H22N4. The number of aromatic amines is 1. The van der Waals surface area contributed by atoms with Crippen LogP contribution in [0.1, 0.15) is 19.4 Å². The summed E-state index contributed by atoms with van der Waals surface area (Å²) in [6, 6.07) is 18.9. The lowest BCUT2D eigenvalue weighted by atomic mass is 10.0. The molecule has 0 aliphatic rings. The molecule has 2 aromatic carbocycles. The normalized spacial score (nSPS) is 11.2. The first-order valence-electron chi connectivity index (χ1n) is 8.93. The van der Waals surface area contributed by atoms with Crippen LogP contribution in [0, 0.1) is 5.92 Å². The van der Waals surface area contributed by atoms with Crippen molar-refractivity contribution >= 4 is 22.4 Å². The summed E-state index contributed by atoms with van der Waals surface area (Å²) >= 11 is 0. The Morgan fingerprint density at radius 1 is 0.962 bits per heavy atom. The number of anilines is 2. The number of aromatic nitrogens is 3. The van der Waals surface area contributed by atoms with E-state index in [4.69, 9.17) is 0 Å². The minimum Gasteiger partial charge on any atom is -0.361 e. The zero-order valence-electron chi connectivity index (χ0n) is 15.0. The predicted molar refractivity (Wildman–Crippen MR) is 108 cm³/mol. The predicted octanol–water partition coefficient (Wildman–Crippen LogP) is 5.57. The highest BCUT2D eigenvalue weighted by molar-refractivity contribution is 5.84.